The van der Waals surface area contributed by atoms with Crippen LogP contribution in [0.15, 0.2) is 168 Å². The number of benzene rings is 10. The smallest absolute Gasteiger partial charge is 0.0619 e. The molecule has 0 N–H and O–H groups in total. The van der Waals surface area contributed by atoms with Crippen LogP contribution in [0.25, 0.3) is 54.2 Å². The van der Waals surface area contributed by atoms with E-state index >= 15 is 0 Å². The second kappa shape index (κ2) is 28.1. The predicted octanol–water partition coefficient (Wildman–Crippen LogP) is 30.4. The van der Waals surface area contributed by atoms with Gasteiger partial charge in [-0.05, 0) is 294 Å². The van der Waals surface area contributed by atoms with Gasteiger partial charge in [0.05, 0.1) is 11.4 Å². The van der Waals surface area contributed by atoms with Gasteiger partial charge in [0, 0.05) is 44.3 Å². The molecule has 10 aromatic carbocycles. The minimum absolute atomic E-state index is 0.0877. The molecular weight excluding hydrogens is 1270 g/mol. The maximum atomic E-state index is 2.83. The van der Waals surface area contributed by atoms with E-state index in [-0.39, 0.29) is 21.7 Å². The zero-order valence-electron chi connectivity index (χ0n) is 66.2. The number of hydrogen-bond acceptors (Lipinski definition) is 2. The second-order valence-corrected chi connectivity index (χ2v) is 46.2. The molecule has 4 heteroatoms. The Morgan fingerprint density at radius 2 is 0.510 bits per heavy atom. The van der Waals surface area contributed by atoms with E-state index in [0.29, 0.717) is 23.7 Å². The molecule has 538 valence electrons. The van der Waals surface area contributed by atoms with Crippen LogP contribution < -0.4 is 9.80 Å². The summed E-state index contributed by atoms with van der Waals surface area (Å²) in [5, 5.41) is 10.5. The van der Waals surface area contributed by atoms with Crippen LogP contribution in [0.3, 0.4) is 0 Å². The summed E-state index contributed by atoms with van der Waals surface area (Å²) in [4.78, 5) is 8.52. The lowest BCUT2D eigenvalue weighted by Crippen LogP contribution is -2.20. The van der Waals surface area contributed by atoms with Crippen LogP contribution in [0.5, 0.6) is 0 Å². The van der Waals surface area contributed by atoms with E-state index < -0.39 is 20.1 Å². The fraction of sp³-hybridized carbons (Fsp3) is 0.469. The average Bonchev–Trinajstić information content (AvgIpc) is 0.701. The number of hydrogen-bond donors (Lipinski definition) is 0. The molecule has 0 bridgehead atoms. The average molecular weight is 1390 g/mol. The van der Waals surface area contributed by atoms with Crippen molar-refractivity contribution in [3.63, 3.8) is 0 Å². The minimum Gasteiger partial charge on any atom is -0.309 e. The molecule has 0 saturated heterocycles. The molecule has 0 amide bonds. The summed E-state index contributed by atoms with van der Waals surface area (Å²) in [7, 11) is -2.44. The van der Waals surface area contributed by atoms with E-state index in [0.717, 1.165) is 0 Å². The normalized spacial score (nSPS) is 17.5. The molecular formula is C98H124N2S2. The summed E-state index contributed by atoms with van der Waals surface area (Å²) in [6, 6.07) is 66.8. The third-order valence-electron chi connectivity index (χ3n) is 24.6. The standard InChI is InChI=1S/C98H124N2S2/c1-95(2,3)73-57-74(96(4,5)6)60-79(59-73)99(77-53-69(65-35-23-19-24-36-65)51-70(54-77)66-37-25-20-26-38-66)93-86-45-33-32-44-84(86)92(89-63-81(101(13,14)15)48-50-88(89)93)91-83-43-31-34-46-87(83)94(90-64-82(102(16,17)18)47-49-85(90)91)100(80-61-75(97(7,8)9)58-76(62-80)98(10,11)12)78-55-71(67-39-27-21-28-40-67)52-72(56-78)68-41-29-22-30-42-68/h31-34,43-68H,19-30,35-42H2,1-18H3. The summed E-state index contributed by atoms with van der Waals surface area (Å²) in [5.41, 5.74) is 21.8. The summed E-state index contributed by atoms with van der Waals surface area (Å²) in [6.07, 6.45) is 41.1. The number of fused-ring (bicyclic) bond motifs is 4. The molecule has 0 aromatic heterocycles. The van der Waals surface area contributed by atoms with Crippen molar-refractivity contribution in [2.24, 2.45) is 0 Å². The Morgan fingerprint density at radius 1 is 0.255 bits per heavy atom. The maximum absolute atomic E-state index is 2.83. The summed E-state index contributed by atoms with van der Waals surface area (Å²) in [5.74, 6) is 2.24. The highest BCUT2D eigenvalue weighted by atomic mass is 32.3. The molecule has 0 radical (unpaired) electrons. The lowest BCUT2D eigenvalue weighted by molar-refractivity contribution is 0.435. The quantitative estimate of drug-likeness (QED) is 0.106. The fourth-order valence-corrected chi connectivity index (χ4v) is 20.2. The van der Waals surface area contributed by atoms with Crippen molar-refractivity contribution in [1.82, 2.24) is 0 Å². The van der Waals surface area contributed by atoms with Gasteiger partial charge in [-0.15, -0.1) is 0 Å². The van der Waals surface area contributed by atoms with Gasteiger partial charge in [-0.3, -0.25) is 0 Å². The van der Waals surface area contributed by atoms with Crippen molar-refractivity contribution >= 4 is 97.3 Å². The van der Waals surface area contributed by atoms with Crippen LogP contribution in [-0.2, 0) is 21.7 Å². The van der Waals surface area contributed by atoms with Crippen molar-refractivity contribution in [2.75, 3.05) is 47.3 Å². The van der Waals surface area contributed by atoms with Gasteiger partial charge in [-0.2, -0.15) is 0 Å². The first-order chi connectivity index (χ1) is 48.4. The van der Waals surface area contributed by atoms with Crippen molar-refractivity contribution in [1.29, 1.82) is 0 Å². The van der Waals surface area contributed by atoms with Gasteiger partial charge in [0.2, 0.25) is 0 Å². The van der Waals surface area contributed by atoms with Crippen LogP contribution in [0.1, 0.15) is 280 Å². The molecule has 0 heterocycles. The zero-order valence-corrected chi connectivity index (χ0v) is 67.8. The fourth-order valence-electron chi connectivity index (χ4n) is 18.3. The first-order valence-electron chi connectivity index (χ1n) is 39.9. The van der Waals surface area contributed by atoms with E-state index in [2.05, 4.69) is 288 Å². The van der Waals surface area contributed by atoms with E-state index in [4.69, 9.17) is 0 Å². The van der Waals surface area contributed by atoms with E-state index in [1.54, 1.807) is 22.3 Å². The molecule has 0 unspecified atom stereocenters. The highest BCUT2D eigenvalue weighted by molar-refractivity contribution is 8.32. The van der Waals surface area contributed by atoms with E-state index in [9.17, 15) is 0 Å². The molecule has 2 nitrogen and oxygen atoms in total. The Morgan fingerprint density at radius 3 is 0.824 bits per heavy atom. The largest absolute Gasteiger partial charge is 0.309 e. The SMILES string of the molecule is CC(C)(C)c1cc(N(c2cc(C3CCCCC3)cc(C3CCCCC3)c2)c2c3ccccc3c(-c3c4ccccc4c(N(c4cc(C5CCCCC5)cc(C5CCCCC5)c4)c4cc(C(C)(C)C)cc(C(C)(C)C)c4)c4cc(S(C)(C)C)ccc34)c3cc(S(C)(C)C)ccc23)cc(C(C)(C)C)c1. The van der Waals surface area contributed by atoms with Crippen LogP contribution in [0.2, 0.25) is 0 Å². The van der Waals surface area contributed by atoms with Gasteiger partial charge in [0.15, 0.2) is 0 Å². The number of rotatable bonds is 13. The first kappa shape index (κ1) is 72.5. The molecule has 10 aromatic rings. The summed E-state index contributed by atoms with van der Waals surface area (Å²) < 4.78 is 0. The lowest BCUT2D eigenvalue weighted by Gasteiger charge is -2.36. The lowest BCUT2D eigenvalue weighted by atomic mass is 9.79. The van der Waals surface area contributed by atoms with E-state index in [1.165, 1.54) is 249 Å². The molecule has 4 saturated carbocycles. The Bertz CT molecular complexity index is 4610. The Hall–Kier alpha value is -6.46. The van der Waals surface area contributed by atoms with Gasteiger partial charge in [0.1, 0.15) is 0 Å². The predicted molar refractivity (Wildman–Crippen MR) is 457 cm³/mol. The van der Waals surface area contributed by atoms with Gasteiger partial charge < -0.3 is 9.80 Å². The molecule has 0 spiro atoms. The van der Waals surface area contributed by atoms with Crippen molar-refractivity contribution in [3.8, 4) is 11.1 Å². The first-order valence-corrected chi connectivity index (χ1v) is 45.6. The minimum atomic E-state index is -1.22. The molecule has 4 fully saturated rings. The van der Waals surface area contributed by atoms with Gasteiger partial charge >= 0.3 is 0 Å². The second-order valence-electron chi connectivity index (χ2n) is 37.9. The third kappa shape index (κ3) is 14.7. The number of nitrogens with zero attached hydrogens (tertiary/aromatic N) is 2. The topological polar surface area (TPSA) is 6.48 Å². The van der Waals surface area contributed by atoms with Crippen LogP contribution >= 0.6 is 20.1 Å². The van der Waals surface area contributed by atoms with Crippen molar-refractivity contribution < 1.29 is 0 Å². The molecule has 4 aliphatic rings. The Labute approximate surface area is 620 Å². The monoisotopic (exact) mass is 1390 g/mol. The summed E-state index contributed by atoms with van der Waals surface area (Å²) >= 11 is 0. The Kier molecular flexibility index (Phi) is 20.0. The number of anilines is 6. The highest BCUT2D eigenvalue weighted by Gasteiger charge is 2.35. The van der Waals surface area contributed by atoms with Gasteiger partial charge in [-0.25, -0.2) is 20.1 Å². The third-order valence-corrected chi connectivity index (χ3v) is 27.9. The molecule has 0 atom stereocenters. The molecule has 14 rings (SSSR count). The molecule has 102 heavy (non-hydrogen) atoms. The molecule has 4 aliphatic carbocycles. The Balaban J connectivity index is 1.15. The van der Waals surface area contributed by atoms with Crippen molar-refractivity contribution in [3.05, 3.63) is 202 Å². The van der Waals surface area contributed by atoms with E-state index in [1.807, 2.05) is 0 Å². The van der Waals surface area contributed by atoms with Gasteiger partial charge in [0.25, 0.3) is 0 Å². The maximum Gasteiger partial charge on any atom is 0.0619 e. The van der Waals surface area contributed by atoms with Crippen LogP contribution in [-0.4, -0.2) is 37.5 Å². The van der Waals surface area contributed by atoms with Crippen LogP contribution in [0.4, 0.5) is 34.1 Å². The van der Waals surface area contributed by atoms with Gasteiger partial charge in [-0.1, -0.05) is 245 Å². The van der Waals surface area contributed by atoms with Crippen molar-refractivity contribution in [2.45, 2.75) is 267 Å². The summed E-state index contributed by atoms with van der Waals surface area (Å²) in [6.45, 7) is 29.1. The highest BCUT2D eigenvalue weighted by Crippen LogP contribution is 2.59. The zero-order chi connectivity index (χ0) is 72.0. The molecule has 0 aliphatic heterocycles. The van der Waals surface area contributed by atoms with Crippen LogP contribution in [0, 0.1) is 0 Å².